The van der Waals surface area contributed by atoms with Gasteiger partial charge in [0.05, 0.1) is 0 Å². The van der Waals surface area contributed by atoms with Crippen molar-refractivity contribution in [3.05, 3.63) is 81.7 Å². The van der Waals surface area contributed by atoms with Gasteiger partial charge in [-0.05, 0) is 34.8 Å². The first-order valence-corrected chi connectivity index (χ1v) is 7.48. The number of nitrogens with zero attached hydrogens (tertiary/aromatic N) is 4. The average molecular weight is 322 g/mol. The van der Waals surface area contributed by atoms with Crippen molar-refractivity contribution in [2.75, 3.05) is 0 Å². The summed E-state index contributed by atoms with van der Waals surface area (Å²) >= 11 is 0. The molecule has 6 heteroatoms. The maximum Gasteiger partial charge on any atom is 0.173 e. The molecule has 24 heavy (non-hydrogen) atoms. The molecule has 1 heterocycles. The summed E-state index contributed by atoms with van der Waals surface area (Å²) in [5.41, 5.74) is 11.3. The number of aromatic nitrogens is 1. The highest BCUT2D eigenvalue weighted by molar-refractivity contribution is 5.64. The lowest BCUT2D eigenvalue weighted by atomic mass is 9.94. The lowest BCUT2D eigenvalue weighted by Gasteiger charge is -2.12. The molecular formula is C18H15FN4O. The maximum atomic E-state index is 14.5. The molecule has 0 bridgehead atoms. The normalized spacial score (nSPS) is 11.8. The molecule has 1 atom stereocenters. The second-order valence-corrected chi connectivity index (χ2v) is 5.51. The van der Waals surface area contributed by atoms with Crippen molar-refractivity contribution in [2.24, 2.45) is 5.11 Å². The molecule has 0 aliphatic rings. The Morgan fingerprint density at radius 2 is 1.96 bits per heavy atom. The molecule has 0 saturated heterocycles. The highest BCUT2D eigenvalue weighted by Crippen LogP contribution is 2.33. The van der Waals surface area contributed by atoms with Gasteiger partial charge in [-0.1, -0.05) is 54.5 Å². The van der Waals surface area contributed by atoms with E-state index in [1.165, 1.54) is 6.07 Å². The number of hydrogen-bond acceptors (Lipinski definition) is 3. The van der Waals surface area contributed by atoms with E-state index in [0.717, 1.165) is 11.1 Å². The van der Waals surface area contributed by atoms with Crippen LogP contribution in [0, 0.1) is 12.7 Å². The van der Waals surface area contributed by atoms with Gasteiger partial charge in [-0.3, -0.25) is 0 Å². The third-order valence-corrected chi connectivity index (χ3v) is 4.05. The van der Waals surface area contributed by atoms with Crippen LogP contribution >= 0.6 is 0 Å². The second-order valence-electron chi connectivity index (χ2n) is 5.51. The number of halogens is 1. The maximum absolute atomic E-state index is 14.5. The minimum absolute atomic E-state index is 0.209. The van der Waals surface area contributed by atoms with E-state index in [1.807, 2.05) is 43.3 Å². The molecule has 0 aliphatic heterocycles. The summed E-state index contributed by atoms with van der Waals surface area (Å²) in [7, 11) is 0. The summed E-state index contributed by atoms with van der Waals surface area (Å²) in [5.74, 6) is 0.266. The minimum Gasteiger partial charge on any atom is -0.360 e. The predicted octanol–water partition coefficient (Wildman–Crippen LogP) is 5.88. The highest BCUT2D eigenvalue weighted by Gasteiger charge is 2.20. The van der Waals surface area contributed by atoms with Crippen LogP contribution in [0.25, 0.3) is 21.6 Å². The number of rotatable bonds is 4. The molecule has 0 amide bonds. The monoisotopic (exact) mass is 322 g/mol. The lowest BCUT2D eigenvalue weighted by molar-refractivity contribution is 0.376. The smallest absolute Gasteiger partial charge is 0.173 e. The first-order valence-electron chi connectivity index (χ1n) is 7.48. The van der Waals surface area contributed by atoms with Crippen molar-refractivity contribution >= 4 is 5.82 Å². The summed E-state index contributed by atoms with van der Waals surface area (Å²) in [6.45, 7) is 3.66. The van der Waals surface area contributed by atoms with Crippen LogP contribution in [0.15, 0.2) is 58.2 Å². The fraction of sp³-hybridized carbons (Fsp3) is 0.167. The van der Waals surface area contributed by atoms with Gasteiger partial charge in [0.15, 0.2) is 5.82 Å². The van der Waals surface area contributed by atoms with E-state index in [1.54, 1.807) is 13.0 Å². The Hall–Kier alpha value is -3.11. The molecule has 3 aromatic rings. The molecule has 0 N–H and O–H groups in total. The van der Waals surface area contributed by atoms with Crippen molar-refractivity contribution in [3.63, 3.8) is 0 Å². The molecule has 0 saturated carbocycles. The zero-order valence-electron chi connectivity index (χ0n) is 13.3. The van der Waals surface area contributed by atoms with Gasteiger partial charge >= 0.3 is 0 Å². The van der Waals surface area contributed by atoms with Gasteiger partial charge < -0.3 is 4.52 Å². The van der Waals surface area contributed by atoms with Crippen molar-refractivity contribution in [3.8, 4) is 11.1 Å². The fourth-order valence-electron chi connectivity index (χ4n) is 2.68. The summed E-state index contributed by atoms with van der Waals surface area (Å²) < 4.78 is 19.8. The molecule has 120 valence electrons. The Morgan fingerprint density at radius 3 is 2.62 bits per heavy atom. The van der Waals surface area contributed by atoms with Gasteiger partial charge in [0.25, 0.3) is 0 Å². The Bertz CT molecular complexity index is 914. The number of azide groups is 1. The summed E-state index contributed by atoms with van der Waals surface area (Å²) in [5, 5.41) is 7.23. The van der Waals surface area contributed by atoms with Gasteiger partial charge in [-0.25, -0.2) is 4.39 Å². The van der Waals surface area contributed by atoms with E-state index < -0.39 is 0 Å². The van der Waals surface area contributed by atoms with Crippen molar-refractivity contribution in [1.29, 1.82) is 0 Å². The zero-order chi connectivity index (χ0) is 17.1. The quantitative estimate of drug-likeness (QED) is 0.341. The Balaban J connectivity index is 1.96. The number of hydrogen-bond donors (Lipinski definition) is 0. The van der Waals surface area contributed by atoms with E-state index in [0.29, 0.717) is 16.9 Å². The summed E-state index contributed by atoms with van der Waals surface area (Å²) in [6.07, 6.45) is 0. The molecule has 0 fully saturated rings. The Kier molecular flexibility index (Phi) is 4.31. The van der Waals surface area contributed by atoms with Crippen molar-refractivity contribution < 1.29 is 8.91 Å². The molecule has 1 unspecified atom stereocenters. The van der Waals surface area contributed by atoms with Gasteiger partial charge in [-0.2, -0.15) is 0 Å². The van der Waals surface area contributed by atoms with Gasteiger partial charge in [0.1, 0.15) is 11.6 Å². The standard InChI is InChI=1S/C18H15FN4O/c1-11(17-12(2)18(21-23-20)22-24-17)14-8-9-15(16(19)10-14)13-6-4-3-5-7-13/h3-11H,1-2H3. The third kappa shape index (κ3) is 2.87. The van der Waals surface area contributed by atoms with E-state index in [-0.39, 0.29) is 17.6 Å². The van der Waals surface area contributed by atoms with Crippen LogP contribution < -0.4 is 0 Å². The van der Waals surface area contributed by atoms with Crippen LogP contribution in [0.3, 0.4) is 0 Å². The fourth-order valence-corrected chi connectivity index (χ4v) is 2.68. The third-order valence-electron chi connectivity index (χ3n) is 4.05. The van der Waals surface area contributed by atoms with Crippen LogP contribution in [0.2, 0.25) is 0 Å². The highest BCUT2D eigenvalue weighted by atomic mass is 19.1. The van der Waals surface area contributed by atoms with Crippen molar-refractivity contribution in [1.82, 2.24) is 5.16 Å². The van der Waals surface area contributed by atoms with E-state index >= 15 is 0 Å². The molecule has 0 radical (unpaired) electrons. The zero-order valence-corrected chi connectivity index (χ0v) is 13.3. The first kappa shape index (κ1) is 15.8. The predicted molar refractivity (Wildman–Crippen MR) is 89.4 cm³/mol. The lowest BCUT2D eigenvalue weighted by Crippen LogP contribution is -1.98. The summed E-state index contributed by atoms with van der Waals surface area (Å²) in [6, 6.07) is 14.5. The molecular weight excluding hydrogens is 307 g/mol. The topological polar surface area (TPSA) is 74.8 Å². The van der Waals surface area contributed by atoms with Crippen molar-refractivity contribution in [2.45, 2.75) is 19.8 Å². The molecule has 1 aromatic heterocycles. The van der Waals surface area contributed by atoms with Crippen LogP contribution in [0.1, 0.15) is 29.7 Å². The largest absolute Gasteiger partial charge is 0.360 e. The first-order chi connectivity index (χ1) is 11.6. The van der Waals surface area contributed by atoms with Gasteiger partial charge in [0, 0.05) is 22.0 Å². The SMILES string of the molecule is Cc1c(N=[N+]=[N-])noc1C(C)c1ccc(-c2ccccc2)c(F)c1. The molecule has 0 aliphatic carbocycles. The van der Waals surface area contributed by atoms with Gasteiger partial charge in [-0.15, -0.1) is 0 Å². The van der Waals surface area contributed by atoms with Crippen LogP contribution in [-0.2, 0) is 0 Å². The van der Waals surface area contributed by atoms with E-state index in [2.05, 4.69) is 15.2 Å². The van der Waals surface area contributed by atoms with E-state index in [9.17, 15) is 4.39 Å². The van der Waals surface area contributed by atoms with Crippen LogP contribution in [-0.4, -0.2) is 5.16 Å². The molecule has 2 aromatic carbocycles. The summed E-state index contributed by atoms with van der Waals surface area (Å²) in [4.78, 5) is 2.71. The Morgan fingerprint density at radius 1 is 1.21 bits per heavy atom. The van der Waals surface area contributed by atoms with E-state index in [4.69, 9.17) is 10.1 Å². The molecule has 3 rings (SSSR count). The number of benzene rings is 2. The minimum atomic E-state index is -0.294. The molecule has 0 spiro atoms. The van der Waals surface area contributed by atoms with Crippen LogP contribution in [0.4, 0.5) is 10.2 Å². The van der Waals surface area contributed by atoms with Crippen LogP contribution in [0.5, 0.6) is 0 Å². The van der Waals surface area contributed by atoms with Gasteiger partial charge in [0.2, 0.25) is 0 Å². The average Bonchev–Trinajstić information content (AvgIpc) is 2.96. The second kappa shape index (κ2) is 6.56. The Labute approximate surface area is 138 Å². The molecule has 5 nitrogen and oxygen atoms in total.